The van der Waals surface area contributed by atoms with Gasteiger partial charge in [-0.3, -0.25) is 0 Å². The number of piperidine rings is 1. The highest BCUT2D eigenvalue weighted by Crippen LogP contribution is 2.40. The Morgan fingerprint density at radius 3 is 2.40 bits per heavy atom. The molecule has 1 unspecified atom stereocenters. The number of hydrogen-bond donors (Lipinski definition) is 2. The van der Waals surface area contributed by atoms with Crippen LogP contribution in [-0.2, 0) is 14.8 Å². The molecule has 2 aliphatic heterocycles. The lowest BCUT2D eigenvalue weighted by Gasteiger charge is -2.49. The molecule has 0 amide bonds. The Morgan fingerprint density at radius 1 is 1.20 bits per heavy atom. The third kappa shape index (κ3) is 3.48. The summed E-state index contributed by atoms with van der Waals surface area (Å²) in [6.07, 6.45) is 0.439. The van der Waals surface area contributed by atoms with Gasteiger partial charge in [-0.2, -0.15) is 4.31 Å². The van der Waals surface area contributed by atoms with Crippen molar-refractivity contribution in [1.82, 2.24) is 4.31 Å². The molecule has 2 saturated heterocycles. The van der Waals surface area contributed by atoms with E-state index in [1.54, 1.807) is 19.1 Å². The van der Waals surface area contributed by atoms with E-state index in [-0.39, 0.29) is 6.61 Å². The van der Waals surface area contributed by atoms with Crippen molar-refractivity contribution >= 4 is 10.0 Å². The van der Waals surface area contributed by atoms with Crippen molar-refractivity contribution in [2.45, 2.75) is 62.2 Å². The molecule has 1 aromatic rings. The van der Waals surface area contributed by atoms with Crippen molar-refractivity contribution in [2.75, 3.05) is 19.7 Å². The number of nitrogens with zero attached hydrogens (tertiary/aromatic N) is 1. The predicted octanol–water partition coefficient (Wildman–Crippen LogP) is 1.36. The SMILES string of the molecule is Cc1ccc(S(=O)(=O)N2CCC3(CC2)C[C@](C)(O)C(O)CO3)cc1C. The van der Waals surface area contributed by atoms with Crippen molar-refractivity contribution in [3.8, 4) is 0 Å². The van der Waals surface area contributed by atoms with Crippen LogP contribution < -0.4 is 0 Å². The molecule has 0 aromatic heterocycles. The van der Waals surface area contributed by atoms with Crippen LogP contribution >= 0.6 is 0 Å². The summed E-state index contributed by atoms with van der Waals surface area (Å²) in [4.78, 5) is 0.318. The smallest absolute Gasteiger partial charge is 0.243 e. The van der Waals surface area contributed by atoms with E-state index in [9.17, 15) is 18.6 Å². The Bertz CT molecular complexity index is 751. The second-order valence-electron chi connectivity index (χ2n) is 7.69. The zero-order valence-electron chi connectivity index (χ0n) is 15.0. The van der Waals surface area contributed by atoms with Crippen LogP contribution in [0.1, 0.15) is 37.3 Å². The maximum absolute atomic E-state index is 12.9. The van der Waals surface area contributed by atoms with Gasteiger partial charge in [0.05, 0.1) is 22.7 Å². The van der Waals surface area contributed by atoms with Crippen LogP contribution in [0.2, 0.25) is 0 Å². The van der Waals surface area contributed by atoms with Crippen molar-refractivity contribution < 1.29 is 23.4 Å². The number of ether oxygens (including phenoxy) is 1. The summed E-state index contributed by atoms with van der Waals surface area (Å²) < 4.78 is 33.1. The highest BCUT2D eigenvalue weighted by atomic mass is 32.2. The number of rotatable bonds is 2. The number of hydrogen-bond acceptors (Lipinski definition) is 5. The second-order valence-corrected chi connectivity index (χ2v) is 9.63. The minimum absolute atomic E-state index is 0.0803. The molecule has 3 rings (SSSR count). The summed E-state index contributed by atoms with van der Waals surface area (Å²) >= 11 is 0. The summed E-state index contributed by atoms with van der Waals surface area (Å²) in [7, 11) is -3.53. The number of aryl methyl sites for hydroxylation is 2. The van der Waals surface area contributed by atoms with Crippen LogP contribution in [0.5, 0.6) is 0 Å². The lowest BCUT2D eigenvalue weighted by Crippen LogP contribution is -2.59. The fourth-order valence-corrected chi connectivity index (χ4v) is 5.26. The van der Waals surface area contributed by atoms with E-state index >= 15 is 0 Å². The molecule has 2 aliphatic rings. The van der Waals surface area contributed by atoms with Gasteiger partial charge in [-0.1, -0.05) is 6.07 Å². The number of sulfonamides is 1. The topological polar surface area (TPSA) is 87.1 Å². The molecule has 1 spiro atoms. The van der Waals surface area contributed by atoms with Gasteiger partial charge in [0.15, 0.2) is 0 Å². The molecule has 140 valence electrons. The van der Waals surface area contributed by atoms with E-state index in [0.29, 0.717) is 37.2 Å². The average molecular weight is 369 g/mol. The van der Waals surface area contributed by atoms with Gasteiger partial charge in [-0.05, 0) is 56.9 Å². The molecule has 7 heteroatoms. The molecular weight excluding hydrogens is 342 g/mol. The van der Waals surface area contributed by atoms with Crippen LogP contribution in [0, 0.1) is 13.8 Å². The maximum Gasteiger partial charge on any atom is 0.243 e. The molecule has 2 heterocycles. The van der Waals surface area contributed by atoms with E-state index < -0.39 is 27.3 Å². The molecule has 0 saturated carbocycles. The Balaban J connectivity index is 1.74. The van der Waals surface area contributed by atoms with Crippen molar-refractivity contribution in [3.63, 3.8) is 0 Å². The highest BCUT2D eigenvalue weighted by Gasteiger charge is 2.49. The number of aliphatic hydroxyl groups is 2. The zero-order chi connectivity index (χ0) is 18.5. The Kier molecular flexibility index (Phi) is 4.75. The van der Waals surface area contributed by atoms with E-state index in [1.807, 2.05) is 19.9 Å². The van der Waals surface area contributed by atoms with Crippen LogP contribution in [0.4, 0.5) is 0 Å². The molecular formula is C18H27NO5S. The van der Waals surface area contributed by atoms with Crippen molar-refractivity contribution in [3.05, 3.63) is 29.3 Å². The average Bonchev–Trinajstić information content (AvgIpc) is 2.54. The first-order valence-corrected chi connectivity index (χ1v) is 10.1. The van der Waals surface area contributed by atoms with Gasteiger partial charge < -0.3 is 14.9 Å². The first-order valence-electron chi connectivity index (χ1n) is 8.68. The van der Waals surface area contributed by atoms with Gasteiger partial charge in [0.25, 0.3) is 0 Å². The normalized spacial score (nSPS) is 30.5. The van der Waals surface area contributed by atoms with Gasteiger partial charge in [0.2, 0.25) is 10.0 Å². The third-order valence-electron chi connectivity index (χ3n) is 5.70. The van der Waals surface area contributed by atoms with Crippen LogP contribution in [0.15, 0.2) is 23.1 Å². The largest absolute Gasteiger partial charge is 0.388 e. The monoisotopic (exact) mass is 369 g/mol. The summed E-state index contributed by atoms with van der Waals surface area (Å²) in [6.45, 7) is 6.25. The quantitative estimate of drug-likeness (QED) is 0.822. The van der Waals surface area contributed by atoms with Crippen LogP contribution in [-0.4, -0.2) is 59.9 Å². The molecule has 0 aliphatic carbocycles. The van der Waals surface area contributed by atoms with E-state index in [1.165, 1.54) is 4.31 Å². The predicted molar refractivity (Wildman–Crippen MR) is 93.8 cm³/mol. The van der Waals surface area contributed by atoms with Gasteiger partial charge in [-0.15, -0.1) is 0 Å². The van der Waals surface area contributed by atoms with Gasteiger partial charge in [0.1, 0.15) is 6.10 Å². The lowest BCUT2D eigenvalue weighted by molar-refractivity contribution is -0.220. The summed E-state index contributed by atoms with van der Waals surface area (Å²) in [5.41, 5.74) is 0.258. The standard InChI is InChI=1S/C18H27NO5S/c1-13-4-5-15(10-14(13)2)25(22,23)19-8-6-18(7-9-19)12-17(3,21)16(20)11-24-18/h4-5,10,16,20-21H,6-9,11-12H2,1-3H3/t16?,17-/m0/s1. The molecule has 0 bridgehead atoms. The van der Waals surface area contributed by atoms with E-state index in [2.05, 4.69) is 0 Å². The first kappa shape index (κ1) is 18.8. The lowest BCUT2D eigenvalue weighted by atomic mass is 9.77. The molecule has 25 heavy (non-hydrogen) atoms. The zero-order valence-corrected chi connectivity index (χ0v) is 15.8. The van der Waals surface area contributed by atoms with Gasteiger partial charge >= 0.3 is 0 Å². The molecule has 2 atom stereocenters. The summed E-state index contributed by atoms with van der Waals surface area (Å²) in [6, 6.07) is 5.20. The van der Waals surface area contributed by atoms with Gasteiger partial charge in [0, 0.05) is 19.5 Å². The van der Waals surface area contributed by atoms with Crippen LogP contribution in [0.3, 0.4) is 0 Å². The summed E-state index contributed by atoms with van der Waals surface area (Å²) in [5, 5.41) is 20.2. The fourth-order valence-electron chi connectivity index (χ4n) is 3.73. The van der Waals surface area contributed by atoms with E-state index in [4.69, 9.17) is 4.74 Å². The minimum Gasteiger partial charge on any atom is -0.388 e. The third-order valence-corrected chi connectivity index (χ3v) is 7.59. The molecule has 1 aromatic carbocycles. The highest BCUT2D eigenvalue weighted by molar-refractivity contribution is 7.89. The Labute approximate surface area is 149 Å². The van der Waals surface area contributed by atoms with Gasteiger partial charge in [-0.25, -0.2) is 8.42 Å². The molecule has 2 fully saturated rings. The minimum atomic E-state index is -3.53. The molecule has 6 nitrogen and oxygen atoms in total. The number of aliphatic hydroxyl groups excluding tert-OH is 1. The summed E-state index contributed by atoms with van der Waals surface area (Å²) in [5.74, 6) is 0. The Morgan fingerprint density at radius 2 is 1.84 bits per heavy atom. The fraction of sp³-hybridized carbons (Fsp3) is 0.667. The van der Waals surface area contributed by atoms with Crippen molar-refractivity contribution in [1.29, 1.82) is 0 Å². The van der Waals surface area contributed by atoms with Crippen LogP contribution in [0.25, 0.3) is 0 Å². The van der Waals surface area contributed by atoms with Crippen molar-refractivity contribution in [2.24, 2.45) is 0 Å². The molecule has 2 N–H and O–H groups in total. The number of benzene rings is 1. The molecule has 0 radical (unpaired) electrons. The maximum atomic E-state index is 12.9. The first-order chi connectivity index (χ1) is 11.6. The Hall–Kier alpha value is -0.990. The second kappa shape index (κ2) is 6.32. The van der Waals surface area contributed by atoms with E-state index in [0.717, 1.165) is 11.1 Å².